The van der Waals surface area contributed by atoms with E-state index >= 15 is 0 Å². The smallest absolute Gasteiger partial charge is 0.294 e. The molecule has 0 unspecified atom stereocenters. The summed E-state index contributed by atoms with van der Waals surface area (Å²) < 4.78 is 16.3. The van der Waals surface area contributed by atoms with Crippen LogP contribution in [0.1, 0.15) is 11.1 Å². The van der Waals surface area contributed by atoms with Crippen LogP contribution in [0.15, 0.2) is 71.6 Å². The van der Waals surface area contributed by atoms with Crippen molar-refractivity contribution in [3.8, 4) is 17.2 Å². The summed E-state index contributed by atoms with van der Waals surface area (Å²) >= 11 is 0.740. The lowest BCUT2D eigenvalue weighted by Crippen LogP contribution is -2.36. The first-order valence-electron chi connectivity index (χ1n) is 11.5. The molecule has 0 aliphatic carbocycles. The molecule has 12 heteroatoms. The standard InChI is InChI=1S/C27H23N3O8S/c1-36-21-10-6-19(7-11-21)28-25(31)15-29-26(32)24(39-27(29)33)14-18-5-12-22(23(13-18)37-2)38-16-17-3-8-20(9-4-17)30(34)35/h3-14H,15-16H2,1-2H3,(H,28,31)/b24-14+. The lowest BCUT2D eigenvalue weighted by Gasteiger charge is -2.13. The van der Waals surface area contributed by atoms with Gasteiger partial charge in [0, 0.05) is 17.8 Å². The van der Waals surface area contributed by atoms with Gasteiger partial charge in [0.2, 0.25) is 5.91 Å². The fraction of sp³-hybridized carbons (Fsp3) is 0.148. The SMILES string of the molecule is COc1ccc(NC(=O)CN2C(=O)S/C(=C/c3ccc(OCc4ccc([N+](=O)[O-])cc4)c(OC)c3)C2=O)cc1. The van der Waals surface area contributed by atoms with Gasteiger partial charge in [0.25, 0.3) is 16.8 Å². The van der Waals surface area contributed by atoms with Gasteiger partial charge in [-0.3, -0.25) is 29.4 Å². The molecule has 3 amide bonds. The van der Waals surface area contributed by atoms with Gasteiger partial charge in [-0.25, -0.2) is 0 Å². The van der Waals surface area contributed by atoms with E-state index in [9.17, 15) is 24.5 Å². The number of anilines is 1. The molecule has 11 nitrogen and oxygen atoms in total. The van der Waals surface area contributed by atoms with Crippen molar-refractivity contribution in [1.29, 1.82) is 0 Å². The summed E-state index contributed by atoms with van der Waals surface area (Å²) in [5.41, 5.74) is 1.81. The molecular formula is C27H23N3O8S. The van der Waals surface area contributed by atoms with Crippen molar-refractivity contribution in [3.63, 3.8) is 0 Å². The second-order valence-corrected chi connectivity index (χ2v) is 9.16. The van der Waals surface area contributed by atoms with Crippen LogP contribution in [0.5, 0.6) is 17.2 Å². The minimum Gasteiger partial charge on any atom is -0.497 e. The Morgan fingerprint density at radius 3 is 2.36 bits per heavy atom. The van der Waals surface area contributed by atoms with Gasteiger partial charge in [-0.2, -0.15) is 0 Å². The Morgan fingerprint density at radius 1 is 1.00 bits per heavy atom. The number of nitro groups is 1. The number of methoxy groups -OCH3 is 2. The van der Waals surface area contributed by atoms with Crippen LogP contribution in [0.2, 0.25) is 0 Å². The maximum Gasteiger partial charge on any atom is 0.294 e. The Hall–Kier alpha value is -4.84. The highest BCUT2D eigenvalue weighted by molar-refractivity contribution is 8.18. The van der Waals surface area contributed by atoms with Crippen molar-refractivity contribution in [2.75, 3.05) is 26.1 Å². The largest absolute Gasteiger partial charge is 0.497 e. The number of imide groups is 1. The molecule has 4 rings (SSSR count). The number of amides is 3. The van der Waals surface area contributed by atoms with Gasteiger partial charge in [-0.1, -0.05) is 6.07 Å². The van der Waals surface area contributed by atoms with Gasteiger partial charge in [-0.15, -0.1) is 0 Å². The molecule has 1 aliphatic heterocycles. The molecule has 3 aromatic carbocycles. The Labute approximate surface area is 227 Å². The molecule has 1 N–H and O–H groups in total. The lowest BCUT2D eigenvalue weighted by molar-refractivity contribution is -0.384. The number of ether oxygens (including phenoxy) is 3. The monoisotopic (exact) mass is 549 g/mol. The van der Waals surface area contributed by atoms with Crippen molar-refractivity contribution in [2.45, 2.75) is 6.61 Å². The predicted octanol–water partition coefficient (Wildman–Crippen LogP) is 4.87. The number of hydrogen-bond acceptors (Lipinski definition) is 9. The summed E-state index contributed by atoms with van der Waals surface area (Å²) in [6, 6.07) is 17.7. The van der Waals surface area contributed by atoms with Crippen LogP contribution in [0.3, 0.4) is 0 Å². The van der Waals surface area contributed by atoms with Gasteiger partial charge in [-0.05, 0) is 77.5 Å². The van der Waals surface area contributed by atoms with Crippen molar-refractivity contribution in [1.82, 2.24) is 4.90 Å². The van der Waals surface area contributed by atoms with E-state index in [1.54, 1.807) is 54.6 Å². The first-order chi connectivity index (χ1) is 18.8. The second kappa shape index (κ2) is 12.1. The van der Waals surface area contributed by atoms with E-state index in [4.69, 9.17) is 14.2 Å². The van der Waals surface area contributed by atoms with Crippen LogP contribution in [0.4, 0.5) is 16.2 Å². The Balaban J connectivity index is 1.40. The van der Waals surface area contributed by atoms with Crippen molar-refractivity contribution in [2.24, 2.45) is 0 Å². The van der Waals surface area contributed by atoms with E-state index in [1.807, 2.05) is 0 Å². The van der Waals surface area contributed by atoms with Gasteiger partial charge in [0.15, 0.2) is 11.5 Å². The zero-order chi connectivity index (χ0) is 27.9. The van der Waals surface area contributed by atoms with Crippen LogP contribution in [-0.2, 0) is 16.2 Å². The van der Waals surface area contributed by atoms with Crippen molar-refractivity contribution in [3.05, 3.63) is 92.9 Å². The third kappa shape index (κ3) is 6.73. The average molecular weight is 550 g/mol. The van der Waals surface area contributed by atoms with E-state index in [0.29, 0.717) is 28.5 Å². The highest BCUT2D eigenvalue weighted by atomic mass is 32.2. The van der Waals surface area contributed by atoms with E-state index in [1.165, 1.54) is 32.4 Å². The quantitative estimate of drug-likeness (QED) is 0.213. The minimum atomic E-state index is -0.577. The molecule has 1 fully saturated rings. The summed E-state index contributed by atoms with van der Waals surface area (Å²) in [7, 11) is 3.00. The van der Waals surface area contributed by atoms with E-state index in [2.05, 4.69) is 5.32 Å². The number of rotatable bonds is 10. The van der Waals surface area contributed by atoms with Crippen LogP contribution >= 0.6 is 11.8 Å². The Bertz CT molecular complexity index is 1440. The molecule has 1 aliphatic rings. The zero-order valence-corrected chi connectivity index (χ0v) is 21.7. The molecular weight excluding hydrogens is 526 g/mol. The lowest BCUT2D eigenvalue weighted by atomic mass is 10.1. The van der Waals surface area contributed by atoms with E-state index in [0.717, 1.165) is 22.2 Å². The first kappa shape index (κ1) is 27.2. The third-order valence-corrected chi connectivity index (χ3v) is 6.48. The number of carbonyl (C=O) groups is 3. The normalized spacial score (nSPS) is 13.9. The van der Waals surface area contributed by atoms with Crippen LogP contribution in [0, 0.1) is 10.1 Å². The number of nitro benzene ring substituents is 1. The molecule has 0 atom stereocenters. The number of benzene rings is 3. The van der Waals surface area contributed by atoms with E-state index < -0.39 is 28.5 Å². The molecule has 0 bridgehead atoms. The predicted molar refractivity (Wildman–Crippen MR) is 145 cm³/mol. The van der Waals surface area contributed by atoms with Crippen molar-refractivity contribution < 1.29 is 33.5 Å². The molecule has 1 saturated heterocycles. The van der Waals surface area contributed by atoms with Crippen molar-refractivity contribution >= 4 is 46.3 Å². The molecule has 39 heavy (non-hydrogen) atoms. The maximum absolute atomic E-state index is 12.9. The number of hydrogen-bond donors (Lipinski definition) is 1. The summed E-state index contributed by atoms with van der Waals surface area (Å²) in [5.74, 6) is 0.358. The Kier molecular flexibility index (Phi) is 8.46. The topological polar surface area (TPSA) is 137 Å². The fourth-order valence-electron chi connectivity index (χ4n) is 3.57. The summed E-state index contributed by atoms with van der Waals surface area (Å²) in [6.07, 6.45) is 1.54. The highest BCUT2D eigenvalue weighted by Gasteiger charge is 2.36. The first-order valence-corrected chi connectivity index (χ1v) is 12.3. The number of carbonyl (C=O) groups excluding carboxylic acids is 3. The molecule has 0 radical (unpaired) electrons. The summed E-state index contributed by atoms with van der Waals surface area (Å²) in [4.78, 5) is 49.1. The highest BCUT2D eigenvalue weighted by Crippen LogP contribution is 2.35. The average Bonchev–Trinajstić information content (AvgIpc) is 3.19. The number of non-ortho nitro benzene ring substituents is 1. The maximum atomic E-state index is 12.9. The number of nitrogens with zero attached hydrogens (tertiary/aromatic N) is 2. The molecule has 0 saturated carbocycles. The molecule has 1 heterocycles. The molecule has 200 valence electrons. The van der Waals surface area contributed by atoms with Gasteiger partial charge < -0.3 is 19.5 Å². The minimum absolute atomic E-state index is 0.0111. The molecule has 0 aromatic heterocycles. The third-order valence-electron chi connectivity index (χ3n) is 5.58. The number of thioether (sulfide) groups is 1. The van der Waals surface area contributed by atoms with Gasteiger partial charge in [0.05, 0.1) is 24.0 Å². The van der Waals surface area contributed by atoms with E-state index in [-0.39, 0.29) is 17.2 Å². The molecule has 0 spiro atoms. The number of nitrogens with one attached hydrogen (secondary N) is 1. The summed E-state index contributed by atoms with van der Waals surface area (Å²) in [5, 5.41) is 12.9. The molecule has 3 aromatic rings. The Morgan fingerprint density at radius 2 is 1.72 bits per heavy atom. The second-order valence-electron chi connectivity index (χ2n) is 8.17. The fourth-order valence-corrected chi connectivity index (χ4v) is 4.41. The summed E-state index contributed by atoms with van der Waals surface area (Å²) in [6.45, 7) is -0.266. The van der Waals surface area contributed by atoms with Crippen LogP contribution in [0.25, 0.3) is 6.08 Å². The van der Waals surface area contributed by atoms with Gasteiger partial charge >= 0.3 is 0 Å². The van der Waals surface area contributed by atoms with Crippen LogP contribution in [-0.4, -0.2) is 47.6 Å². The van der Waals surface area contributed by atoms with Crippen LogP contribution < -0.4 is 19.5 Å². The van der Waals surface area contributed by atoms with Gasteiger partial charge in [0.1, 0.15) is 18.9 Å². The zero-order valence-electron chi connectivity index (χ0n) is 20.9.